The molecule has 1 aromatic rings. The molecular weight excluding hydrogens is 260 g/mol. The normalized spacial score (nSPS) is 21.4. The van der Waals surface area contributed by atoms with Gasteiger partial charge in [-0.2, -0.15) is 0 Å². The van der Waals surface area contributed by atoms with E-state index in [9.17, 15) is 8.42 Å². The summed E-state index contributed by atoms with van der Waals surface area (Å²) in [7, 11) is -1.55. The maximum Gasteiger partial charge on any atom is 0.240 e. The molecule has 1 atom stereocenters. The monoisotopic (exact) mass is 282 g/mol. The highest BCUT2D eigenvalue weighted by atomic mass is 32.2. The molecule has 0 amide bonds. The van der Waals surface area contributed by atoms with Gasteiger partial charge in [0.2, 0.25) is 10.0 Å². The van der Waals surface area contributed by atoms with E-state index in [0.717, 1.165) is 17.5 Å². The molecule has 5 heteroatoms. The van der Waals surface area contributed by atoms with Crippen molar-refractivity contribution < 1.29 is 8.42 Å². The molecule has 1 saturated carbocycles. The van der Waals surface area contributed by atoms with E-state index >= 15 is 0 Å². The smallest absolute Gasteiger partial charge is 0.240 e. The Balaban J connectivity index is 2.23. The Kier molecular flexibility index (Phi) is 3.73. The Morgan fingerprint density at radius 2 is 2.00 bits per heavy atom. The summed E-state index contributed by atoms with van der Waals surface area (Å²) < 4.78 is 27.4. The van der Waals surface area contributed by atoms with Crippen LogP contribution in [0.2, 0.25) is 0 Å². The highest BCUT2D eigenvalue weighted by molar-refractivity contribution is 7.89. The molecular formula is C14H22N2O2S. The van der Waals surface area contributed by atoms with Crippen LogP contribution in [0.1, 0.15) is 31.4 Å². The number of hydrogen-bond acceptors (Lipinski definition) is 3. The van der Waals surface area contributed by atoms with E-state index < -0.39 is 10.0 Å². The summed E-state index contributed by atoms with van der Waals surface area (Å²) in [6, 6.07) is 5.35. The van der Waals surface area contributed by atoms with Gasteiger partial charge in [0.1, 0.15) is 0 Å². The predicted octanol–water partition coefficient (Wildman–Crippen LogP) is 1.79. The van der Waals surface area contributed by atoms with Crippen LogP contribution >= 0.6 is 0 Å². The molecule has 1 fully saturated rings. The lowest BCUT2D eigenvalue weighted by molar-refractivity contribution is 0.555. The Labute approximate surface area is 115 Å². The van der Waals surface area contributed by atoms with E-state index in [0.29, 0.717) is 11.4 Å². The molecule has 2 N–H and O–H groups in total. The summed E-state index contributed by atoms with van der Waals surface area (Å²) in [6.45, 7) is 6.80. The molecule has 1 aliphatic rings. The Morgan fingerprint density at radius 3 is 2.53 bits per heavy atom. The predicted molar refractivity (Wildman–Crippen MR) is 76.5 cm³/mol. The molecule has 2 rings (SSSR count). The van der Waals surface area contributed by atoms with Crippen molar-refractivity contribution in [3.63, 3.8) is 0 Å². The van der Waals surface area contributed by atoms with Crippen molar-refractivity contribution in [2.45, 2.75) is 44.7 Å². The molecule has 0 aliphatic heterocycles. The number of sulfonamides is 1. The van der Waals surface area contributed by atoms with Gasteiger partial charge in [0.05, 0.1) is 4.90 Å². The maximum atomic E-state index is 12.3. The van der Waals surface area contributed by atoms with E-state index in [1.54, 1.807) is 12.1 Å². The Bertz CT molecular complexity index is 579. The quantitative estimate of drug-likeness (QED) is 0.865. The van der Waals surface area contributed by atoms with E-state index in [4.69, 9.17) is 0 Å². The third-order valence-corrected chi connectivity index (χ3v) is 5.28. The largest absolute Gasteiger partial charge is 0.316 e. The molecule has 1 aromatic carbocycles. The number of aryl methyl sites for hydroxylation is 1. The van der Waals surface area contributed by atoms with E-state index in [1.807, 2.05) is 20.0 Å². The van der Waals surface area contributed by atoms with Gasteiger partial charge >= 0.3 is 0 Å². The third kappa shape index (κ3) is 3.16. The number of hydrogen-bond donors (Lipinski definition) is 2. The third-order valence-electron chi connectivity index (χ3n) is 3.81. The van der Waals surface area contributed by atoms with Crippen molar-refractivity contribution in [2.24, 2.45) is 5.41 Å². The van der Waals surface area contributed by atoms with Crippen LogP contribution in [0.25, 0.3) is 0 Å². The van der Waals surface area contributed by atoms with Crippen molar-refractivity contribution in [3.8, 4) is 0 Å². The lowest BCUT2D eigenvalue weighted by Gasteiger charge is -2.11. The van der Waals surface area contributed by atoms with Crippen molar-refractivity contribution in [3.05, 3.63) is 29.3 Å². The standard InChI is InChI=1S/C14H22N2O2S/c1-10-5-6-12(7-11(10)9-15-4)19(17,18)16-13-8-14(13,2)3/h5-7,13,15-16H,8-9H2,1-4H3. The number of rotatable bonds is 5. The first-order valence-electron chi connectivity index (χ1n) is 6.53. The van der Waals surface area contributed by atoms with Gasteiger partial charge in [-0.25, -0.2) is 13.1 Å². The summed E-state index contributed by atoms with van der Waals surface area (Å²) in [5, 5.41) is 3.05. The SMILES string of the molecule is CNCc1cc(S(=O)(=O)NC2CC2(C)C)ccc1C. The molecule has 0 aromatic heterocycles. The van der Waals surface area contributed by atoms with Crippen LogP contribution in [0.4, 0.5) is 0 Å². The van der Waals surface area contributed by atoms with Gasteiger partial charge in [-0.3, -0.25) is 0 Å². The first-order chi connectivity index (χ1) is 8.76. The van der Waals surface area contributed by atoms with Crippen LogP contribution in [0.15, 0.2) is 23.1 Å². The molecule has 0 spiro atoms. The molecule has 0 radical (unpaired) electrons. The van der Waals surface area contributed by atoms with Crippen LogP contribution in [-0.4, -0.2) is 21.5 Å². The van der Waals surface area contributed by atoms with Crippen LogP contribution in [0.5, 0.6) is 0 Å². The lowest BCUT2D eigenvalue weighted by Crippen LogP contribution is -2.28. The van der Waals surface area contributed by atoms with Crippen molar-refractivity contribution in [1.29, 1.82) is 0 Å². The van der Waals surface area contributed by atoms with Crippen LogP contribution < -0.4 is 10.0 Å². The van der Waals surface area contributed by atoms with Gasteiger partial charge in [0.25, 0.3) is 0 Å². The second kappa shape index (κ2) is 4.89. The van der Waals surface area contributed by atoms with Gasteiger partial charge in [0, 0.05) is 12.6 Å². The van der Waals surface area contributed by atoms with Crippen molar-refractivity contribution in [1.82, 2.24) is 10.0 Å². The molecule has 0 heterocycles. The molecule has 1 aliphatic carbocycles. The molecule has 1 unspecified atom stereocenters. The Morgan fingerprint density at radius 1 is 1.37 bits per heavy atom. The van der Waals surface area contributed by atoms with Gasteiger partial charge < -0.3 is 5.32 Å². The zero-order chi connectivity index (χ0) is 14.3. The average Bonchev–Trinajstić information content (AvgIpc) is 2.88. The van der Waals surface area contributed by atoms with E-state index in [-0.39, 0.29) is 11.5 Å². The molecule has 19 heavy (non-hydrogen) atoms. The summed E-state index contributed by atoms with van der Waals surface area (Å²) in [6.07, 6.45) is 0.904. The van der Waals surface area contributed by atoms with Crippen LogP contribution in [-0.2, 0) is 16.6 Å². The minimum absolute atomic E-state index is 0.0616. The minimum atomic E-state index is -3.40. The molecule has 106 valence electrons. The van der Waals surface area contributed by atoms with Crippen LogP contribution in [0, 0.1) is 12.3 Å². The number of benzene rings is 1. The van der Waals surface area contributed by atoms with E-state index in [1.165, 1.54) is 0 Å². The molecule has 0 saturated heterocycles. The van der Waals surface area contributed by atoms with Gasteiger partial charge in [-0.1, -0.05) is 19.9 Å². The van der Waals surface area contributed by atoms with Crippen molar-refractivity contribution in [2.75, 3.05) is 7.05 Å². The van der Waals surface area contributed by atoms with Crippen molar-refractivity contribution >= 4 is 10.0 Å². The molecule has 0 bridgehead atoms. The first kappa shape index (κ1) is 14.5. The summed E-state index contributed by atoms with van der Waals surface area (Å²) >= 11 is 0. The zero-order valence-corrected chi connectivity index (χ0v) is 12.8. The number of nitrogens with one attached hydrogen (secondary N) is 2. The minimum Gasteiger partial charge on any atom is -0.316 e. The topological polar surface area (TPSA) is 58.2 Å². The molecule has 4 nitrogen and oxygen atoms in total. The van der Waals surface area contributed by atoms with Gasteiger partial charge in [-0.05, 0) is 49.1 Å². The zero-order valence-electron chi connectivity index (χ0n) is 11.9. The summed E-state index contributed by atoms with van der Waals surface area (Å²) in [5.74, 6) is 0. The first-order valence-corrected chi connectivity index (χ1v) is 8.01. The Hall–Kier alpha value is -0.910. The maximum absolute atomic E-state index is 12.3. The summed E-state index contributed by atoms with van der Waals surface area (Å²) in [5.41, 5.74) is 2.20. The van der Waals surface area contributed by atoms with Crippen LogP contribution in [0.3, 0.4) is 0 Å². The summed E-state index contributed by atoms with van der Waals surface area (Å²) in [4.78, 5) is 0.353. The van der Waals surface area contributed by atoms with Gasteiger partial charge in [0.15, 0.2) is 0 Å². The highest BCUT2D eigenvalue weighted by Gasteiger charge is 2.47. The second-order valence-electron chi connectivity index (χ2n) is 5.99. The highest BCUT2D eigenvalue weighted by Crippen LogP contribution is 2.45. The fraction of sp³-hybridized carbons (Fsp3) is 0.571. The lowest BCUT2D eigenvalue weighted by atomic mass is 10.1. The average molecular weight is 282 g/mol. The van der Waals surface area contributed by atoms with Gasteiger partial charge in [-0.15, -0.1) is 0 Å². The second-order valence-corrected chi connectivity index (χ2v) is 7.70. The van der Waals surface area contributed by atoms with E-state index in [2.05, 4.69) is 23.9 Å². The fourth-order valence-corrected chi connectivity index (χ4v) is 3.58. The fourth-order valence-electron chi connectivity index (χ4n) is 2.12.